The molecule has 0 saturated carbocycles. The minimum atomic E-state index is 0.387. The van der Waals surface area contributed by atoms with Crippen LogP contribution in [0.15, 0.2) is 12.5 Å². The van der Waals surface area contributed by atoms with E-state index in [0.717, 1.165) is 6.54 Å². The van der Waals surface area contributed by atoms with Crippen molar-refractivity contribution in [2.75, 3.05) is 27.7 Å². The topological polar surface area (TPSA) is 33.1 Å². The van der Waals surface area contributed by atoms with Gasteiger partial charge in [0.25, 0.3) is 0 Å². The van der Waals surface area contributed by atoms with Gasteiger partial charge in [0.05, 0.1) is 18.1 Å². The molecule has 0 aromatic carbocycles. The zero-order valence-electron chi connectivity index (χ0n) is 8.78. The van der Waals surface area contributed by atoms with Gasteiger partial charge >= 0.3 is 0 Å². The summed E-state index contributed by atoms with van der Waals surface area (Å²) < 4.78 is 2.06. The van der Waals surface area contributed by atoms with Crippen molar-refractivity contribution < 1.29 is 0 Å². The van der Waals surface area contributed by atoms with E-state index in [1.807, 2.05) is 26.6 Å². The molecule has 0 aliphatic heterocycles. The Morgan fingerprint density at radius 2 is 2.31 bits per heavy atom. The average molecular weight is 182 g/mol. The normalized spacial score (nSPS) is 13.6. The van der Waals surface area contributed by atoms with E-state index in [2.05, 4.69) is 33.9 Å². The van der Waals surface area contributed by atoms with Crippen molar-refractivity contribution in [3.05, 3.63) is 18.2 Å². The first-order chi connectivity index (χ1) is 6.16. The third-order valence-corrected chi connectivity index (χ3v) is 2.22. The van der Waals surface area contributed by atoms with Crippen molar-refractivity contribution in [1.82, 2.24) is 19.8 Å². The lowest BCUT2D eigenvalue weighted by molar-refractivity contribution is 0.283. The van der Waals surface area contributed by atoms with E-state index >= 15 is 0 Å². The van der Waals surface area contributed by atoms with Crippen molar-refractivity contribution in [1.29, 1.82) is 0 Å². The molecule has 4 heteroatoms. The Labute approximate surface area is 79.6 Å². The Morgan fingerprint density at radius 1 is 1.62 bits per heavy atom. The quantitative estimate of drug-likeness (QED) is 0.724. The molecule has 0 aliphatic rings. The summed E-state index contributed by atoms with van der Waals surface area (Å²) >= 11 is 0. The van der Waals surface area contributed by atoms with Crippen molar-refractivity contribution in [3.63, 3.8) is 0 Å². The van der Waals surface area contributed by atoms with Gasteiger partial charge in [-0.1, -0.05) is 0 Å². The van der Waals surface area contributed by atoms with Crippen molar-refractivity contribution in [3.8, 4) is 0 Å². The molecule has 1 aromatic rings. The molecule has 1 rings (SSSR count). The molecule has 0 amide bonds. The molecular weight excluding hydrogens is 164 g/mol. The monoisotopic (exact) mass is 182 g/mol. The average Bonchev–Trinajstić information content (AvgIpc) is 2.47. The Hall–Kier alpha value is -0.870. The predicted octanol–water partition coefficient (Wildman–Crippen LogP) is 0.242. The highest BCUT2D eigenvalue weighted by Gasteiger charge is 2.15. The molecule has 4 nitrogen and oxygen atoms in total. The summed E-state index contributed by atoms with van der Waals surface area (Å²) in [6, 6.07) is 0.387. The smallest absolute Gasteiger partial charge is 0.0946 e. The van der Waals surface area contributed by atoms with Gasteiger partial charge in [-0.15, -0.1) is 0 Å². The third-order valence-electron chi connectivity index (χ3n) is 2.22. The number of hydrogen-bond acceptors (Lipinski definition) is 3. The van der Waals surface area contributed by atoms with Crippen molar-refractivity contribution >= 4 is 0 Å². The molecule has 74 valence electrons. The van der Waals surface area contributed by atoms with E-state index in [9.17, 15) is 0 Å². The predicted molar refractivity (Wildman–Crippen MR) is 53.6 cm³/mol. The first-order valence-electron chi connectivity index (χ1n) is 4.44. The van der Waals surface area contributed by atoms with Gasteiger partial charge in [-0.2, -0.15) is 0 Å². The second-order valence-corrected chi connectivity index (χ2v) is 3.47. The van der Waals surface area contributed by atoms with Crippen LogP contribution in [0.5, 0.6) is 0 Å². The molecule has 1 heterocycles. The second kappa shape index (κ2) is 4.39. The largest absolute Gasteiger partial charge is 0.336 e. The van der Waals surface area contributed by atoms with E-state index in [4.69, 9.17) is 0 Å². The minimum absolute atomic E-state index is 0.387. The van der Waals surface area contributed by atoms with Crippen LogP contribution in [-0.4, -0.2) is 42.1 Å². The maximum Gasteiger partial charge on any atom is 0.0946 e. The number of aryl methyl sites for hydroxylation is 1. The number of rotatable bonds is 4. The number of hydrogen-bond donors (Lipinski definition) is 1. The van der Waals surface area contributed by atoms with Crippen LogP contribution in [0.1, 0.15) is 11.7 Å². The van der Waals surface area contributed by atoms with Gasteiger partial charge < -0.3 is 9.88 Å². The number of aromatic nitrogens is 2. The van der Waals surface area contributed by atoms with Crippen LogP contribution in [-0.2, 0) is 7.05 Å². The molecule has 0 fully saturated rings. The molecule has 1 unspecified atom stereocenters. The molecule has 1 aromatic heterocycles. The lowest BCUT2D eigenvalue weighted by Gasteiger charge is -2.24. The highest BCUT2D eigenvalue weighted by atomic mass is 15.2. The molecule has 13 heavy (non-hydrogen) atoms. The molecule has 0 saturated heterocycles. The van der Waals surface area contributed by atoms with Gasteiger partial charge in [0, 0.05) is 19.8 Å². The van der Waals surface area contributed by atoms with Crippen LogP contribution < -0.4 is 5.32 Å². The van der Waals surface area contributed by atoms with Crippen molar-refractivity contribution in [2.45, 2.75) is 6.04 Å². The molecule has 0 aliphatic carbocycles. The number of nitrogens with zero attached hydrogens (tertiary/aromatic N) is 3. The molecule has 0 bridgehead atoms. The SMILES string of the molecule is CNCC(c1cncn1C)N(C)C. The van der Waals surface area contributed by atoms with Gasteiger partial charge in [-0.05, 0) is 21.1 Å². The standard InChI is InChI=1S/C9H18N4/c1-10-5-8(12(2)3)9-6-11-7-13(9)4/h6-8,10H,5H2,1-4H3. The van der Waals surface area contributed by atoms with Crippen LogP contribution in [0.2, 0.25) is 0 Å². The summed E-state index contributed by atoms with van der Waals surface area (Å²) in [6.07, 6.45) is 3.75. The Kier molecular flexibility index (Phi) is 3.45. The van der Waals surface area contributed by atoms with Crippen LogP contribution in [0.4, 0.5) is 0 Å². The summed E-state index contributed by atoms with van der Waals surface area (Å²) in [4.78, 5) is 6.30. The molecule has 1 atom stereocenters. The Morgan fingerprint density at radius 3 is 2.69 bits per heavy atom. The van der Waals surface area contributed by atoms with Crippen LogP contribution in [0.25, 0.3) is 0 Å². The zero-order valence-corrected chi connectivity index (χ0v) is 8.78. The molecule has 0 spiro atoms. The van der Waals surface area contributed by atoms with Gasteiger partial charge in [-0.25, -0.2) is 4.98 Å². The highest BCUT2D eigenvalue weighted by Crippen LogP contribution is 2.15. The van der Waals surface area contributed by atoms with E-state index in [-0.39, 0.29) is 0 Å². The van der Waals surface area contributed by atoms with Crippen LogP contribution in [0, 0.1) is 0 Å². The number of likely N-dealkylation sites (N-methyl/N-ethyl adjacent to an activating group) is 2. The van der Waals surface area contributed by atoms with Crippen LogP contribution in [0.3, 0.4) is 0 Å². The summed E-state index contributed by atoms with van der Waals surface area (Å²) in [5.41, 5.74) is 1.24. The molecule has 0 radical (unpaired) electrons. The minimum Gasteiger partial charge on any atom is -0.336 e. The summed E-state index contributed by atoms with van der Waals surface area (Å²) in [5, 5.41) is 3.18. The van der Waals surface area contributed by atoms with E-state index in [1.165, 1.54) is 5.69 Å². The summed E-state index contributed by atoms with van der Waals surface area (Å²) in [6.45, 7) is 0.937. The first-order valence-corrected chi connectivity index (χ1v) is 4.44. The van der Waals surface area contributed by atoms with Crippen molar-refractivity contribution in [2.24, 2.45) is 7.05 Å². The van der Waals surface area contributed by atoms with E-state index in [0.29, 0.717) is 6.04 Å². The number of imidazole rings is 1. The summed E-state index contributed by atoms with van der Waals surface area (Å²) in [7, 11) is 8.14. The fourth-order valence-corrected chi connectivity index (χ4v) is 1.43. The van der Waals surface area contributed by atoms with Crippen LogP contribution >= 0.6 is 0 Å². The van der Waals surface area contributed by atoms with Gasteiger partial charge in [0.1, 0.15) is 0 Å². The fourth-order valence-electron chi connectivity index (χ4n) is 1.43. The third kappa shape index (κ3) is 2.29. The molecular formula is C9H18N4. The Balaban J connectivity index is 2.82. The van der Waals surface area contributed by atoms with Gasteiger partial charge in [0.2, 0.25) is 0 Å². The highest BCUT2D eigenvalue weighted by molar-refractivity contribution is 5.05. The lowest BCUT2D eigenvalue weighted by Crippen LogP contribution is -2.30. The summed E-state index contributed by atoms with van der Waals surface area (Å²) in [5.74, 6) is 0. The second-order valence-electron chi connectivity index (χ2n) is 3.47. The maximum absolute atomic E-state index is 4.12. The van der Waals surface area contributed by atoms with E-state index < -0.39 is 0 Å². The zero-order chi connectivity index (χ0) is 9.84. The fraction of sp³-hybridized carbons (Fsp3) is 0.667. The van der Waals surface area contributed by atoms with Gasteiger partial charge in [0.15, 0.2) is 0 Å². The lowest BCUT2D eigenvalue weighted by atomic mass is 10.2. The van der Waals surface area contributed by atoms with Gasteiger partial charge in [-0.3, -0.25) is 4.90 Å². The first kappa shape index (κ1) is 10.2. The Bertz CT molecular complexity index is 254. The molecule has 1 N–H and O–H groups in total. The maximum atomic E-state index is 4.12. The number of nitrogens with one attached hydrogen (secondary N) is 1. The van der Waals surface area contributed by atoms with E-state index in [1.54, 1.807) is 0 Å².